The number of hydrogen-bond acceptors (Lipinski definition) is 9. The first-order chi connectivity index (χ1) is 19.8. The van der Waals surface area contributed by atoms with Gasteiger partial charge in [0.1, 0.15) is 5.75 Å². The van der Waals surface area contributed by atoms with Crippen LogP contribution in [0.4, 0.5) is 5.69 Å². The second-order valence-electron chi connectivity index (χ2n) is 9.39. The number of rotatable bonds is 12. The van der Waals surface area contributed by atoms with Gasteiger partial charge < -0.3 is 9.47 Å². The van der Waals surface area contributed by atoms with E-state index in [1.807, 2.05) is 36.4 Å². The Morgan fingerprint density at radius 2 is 1.56 bits per heavy atom. The Balaban J connectivity index is 1.28. The molecule has 0 radical (unpaired) electrons. The van der Waals surface area contributed by atoms with E-state index < -0.39 is 26.3 Å². The number of nitro groups is 1. The number of carbonyl (C=O) groups is 1. The van der Waals surface area contributed by atoms with Gasteiger partial charge in [0.15, 0.2) is 27.1 Å². The van der Waals surface area contributed by atoms with Crippen molar-refractivity contribution in [3.05, 3.63) is 124 Å². The van der Waals surface area contributed by atoms with Crippen molar-refractivity contribution >= 4 is 33.1 Å². The summed E-state index contributed by atoms with van der Waals surface area (Å²) in [6.07, 6.45) is 0. The van der Waals surface area contributed by atoms with Crippen LogP contribution >= 0.6 is 11.8 Å². The van der Waals surface area contributed by atoms with Crippen LogP contribution in [0.5, 0.6) is 11.5 Å². The average molecular weight is 591 g/mol. The van der Waals surface area contributed by atoms with Gasteiger partial charge in [-0.1, -0.05) is 48.5 Å². The zero-order chi connectivity index (χ0) is 28.8. The Labute approximate surface area is 241 Å². The molecule has 0 aromatic heterocycles. The van der Waals surface area contributed by atoms with Gasteiger partial charge in [0.05, 0.1) is 9.82 Å². The number of ketones is 1. The Morgan fingerprint density at radius 3 is 2.32 bits per heavy atom. The van der Waals surface area contributed by atoms with Gasteiger partial charge >= 0.3 is 0 Å². The SMILES string of the molecule is O=C(CS(=O)(=O)c1ccc(CN(CSc2ccccc2)Cc2ccc3c(c2)OCO3)cc1)c1cccc([N+](=O)[O-])c1. The first-order valence-corrected chi connectivity index (χ1v) is 15.3. The van der Waals surface area contributed by atoms with Gasteiger partial charge in [0, 0.05) is 41.6 Å². The summed E-state index contributed by atoms with van der Waals surface area (Å²) < 4.78 is 36.9. The topological polar surface area (TPSA) is 116 Å². The predicted molar refractivity (Wildman–Crippen MR) is 155 cm³/mol. The third-order valence-corrected chi connectivity index (χ3v) is 9.12. The fraction of sp³-hybridized carbons (Fsp3) is 0.167. The van der Waals surface area contributed by atoms with Gasteiger partial charge in [-0.25, -0.2) is 8.42 Å². The van der Waals surface area contributed by atoms with Gasteiger partial charge in [0.25, 0.3) is 5.69 Å². The Kier molecular flexibility index (Phi) is 8.67. The molecule has 41 heavy (non-hydrogen) atoms. The van der Waals surface area contributed by atoms with Crippen molar-refractivity contribution < 1.29 is 27.6 Å². The Morgan fingerprint density at radius 1 is 0.854 bits per heavy atom. The van der Waals surface area contributed by atoms with Crippen molar-refractivity contribution in [3.63, 3.8) is 0 Å². The molecule has 1 heterocycles. The minimum Gasteiger partial charge on any atom is -0.454 e. The number of carbonyl (C=O) groups excluding carboxylic acids is 1. The molecule has 0 atom stereocenters. The number of nitro benzene ring substituents is 1. The number of ether oxygens (including phenoxy) is 2. The lowest BCUT2D eigenvalue weighted by Crippen LogP contribution is -2.22. The third-order valence-electron chi connectivity index (χ3n) is 6.39. The molecule has 0 spiro atoms. The normalized spacial score (nSPS) is 12.4. The highest BCUT2D eigenvalue weighted by atomic mass is 32.2. The van der Waals surface area contributed by atoms with Crippen LogP contribution in [0.1, 0.15) is 21.5 Å². The molecule has 1 aliphatic rings. The van der Waals surface area contributed by atoms with E-state index in [0.29, 0.717) is 24.7 Å². The zero-order valence-electron chi connectivity index (χ0n) is 21.8. The molecule has 0 unspecified atom stereocenters. The molecule has 9 nitrogen and oxygen atoms in total. The van der Waals surface area contributed by atoms with E-state index in [4.69, 9.17) is 9.47 Å². The smallest absolute Gasteiger partial charge is 0.270 e. The minimum absolute atomic E-state index is 0.0148. The molecule has 0 bridgehead atoms. The second-order valence-corrected chi connectivity index (χ2v) is 12.4. The molecule has 0 saturated heterocycles. The number of Topliss-reactive ketones (excluding diaryl/α,β-unsaturated/α-hetero) is 1. The largest absolute Gasteiger partial charge is 0.454 e. The van der Waals surface area contributed by atoms with Crippen molar-refractivity contribution in [1.82, 2.24) is 4.90 Å². The molecule has 4 aromatic carbocycles. The summed E-state index contributed by atoms with van der Waals surface area (Å²) in [5.41, 5.74) is 1.67. The number of hydrogen-bond donors (Lipinski definition) is 0. The first kappa shape index (κ1) is 28.3. The summed E-state index contributed by atoms with van der Waals surface area (Å²) in [4.78, 5) is 26.4. The summed E-state index contributed by atoms with van der Waals surface area (Å²) in [5.74, 6) is 0.644. The van der Waals surface area contributed by atoms with Gasteiger partial charge in [-0.15, -0.1) is 11.8 Å². The van der Waals surface area contributed by atoms with Gasteiger partial charge in [-0.3, -0.25) is 19.8 Å². The van der Waals surface area contributed by atoms with Crippen LogP contribution in [0, 0.1) is 10.1 Å². The van der Waals surface area contributed by atoms with Crippen LogP contribution in [0.15, 0.2) is 107 Å². The van der Waals surface area contributed by atoms with E-state index in [9.17, 15) is 23.3 Å². The van der Waals surface area contributed by atoms with Gasteiger partial charge in [-0.2, -0.15) is 0 Å². The highest BCUT2D eigenvalue weighted by molar-refractivity contribution is 7.99. The molecule has 1 aliphatic heterocycles. The lowest BCUT2D eigenvalue weighted by molar-refractivity contribution is -0.384. The summed E-state index contributed by atoms with van der Waals surface area (Å²) >= 11 is 1.70. The second kappa shape index (κ2) is 12.5. The van der Waals surface area contributed by atoms with Crippen LogP contribution < -0.4 is 9.47 Å². The van der Waals surface area contributed by atoms with Crippen LogP contribution in [0.25, 0.3) is 0 Å². The molecule has 0 N–H and O–H groups in total. The van der Waals surface area contributed by atoms with E-state index in [0.717, 1.165) is 27.8 Å². The minimum atomic E-state index is -3.95. The molecule has 11 heteroatoms. The summed E-state index contributed by atoms with van der Waals surface area (Å²) in [6, 6.07) is 27.5. The van der Waals surface area contributed by atoms with Crippen LogP contribution in [-0.2, 0) is 22.9 Å². The van der Waals surface area contributed by atoms with Crippen molar-refractivity contribution in [2.45, 2.75) is 22.9 Å². The average Bonchev–Trinajstić information content (AvgIpc) is 3.45. The highest BCUT2D eigenvalue weighted by Gasteiger charge is 2.22. The molecule has 4 aromatic rings. The van der Waals surface area contributed by atoms with E-state index in [1.54, 1.807) is 23.9 Å². The third kappa shape index (κ3) is 7.31. The molecule has 0 saturated carbocycles. The van der Waals surface area contributed by atoms with Crippen molar-refractivity contribution in [1.29, 1.82) is 0 Å². The van der Waals surface area contributed by atoms with Crippen LogP contribution in [-0.4, -0.2) is 42.4 Å². The molecular weight excluding hydrogens is 564 g/mol. The fourth-order valence-electron chi connectivity index (χ4n) is 4.32. The number of sulfone groups is 1. The maximum Gasteiger partial charge on any atom is 0.270 e. The maximum atomic E-state index is 13.0. The van der Waals surface area contributed by atoms with Crippen molar-refractivity contribution in [2.24, 2.45) is 0 Å². The Bertz CT molecular complexity index is 1660. The predicted octanol–water partition coefficient (Wildman–Crippen LogP) is 5.73. The maximum absolute atomic E-state index is 13.0. The lowest BCUT2D eigenvalue weighted by Gasteiger charge is -2.22. The molecule has 0 aliphatic carbocycles. The van der Waals surface area contributed by atoms with E-state index in [1.165, 1.54) is 30.3 Å². The van der Waals surface area contributed by atoms with Crippen molar-refractivity contribution in [3.8, 4) is 11.5 Å². The molecule has 210 valence electrons. The van der Waals surface area contributed by atoms with Crippen LogP contribution in [0.3, 0.4) is 0 Å². The number of benzene rings is 4. The number of non-ortho nitro benzene ring substituents is 1. The lowest BCUT2D eigenvalue weighted by atomic mass is 10.1. The first-order valence-electron chi connectivity index (χ1n) is 12.6. The monoisotopic (exact) mass is 590 g/mol. The molecule has 5 rings (SSSR count). The summed E-state index contributed by atoms with van der Waals surface area (Å²) in [7, 11) is -3.95. The van der Waals surface area contributed by atoms with Crippen molar-refractivity contribution in [2.75, 3.05) is 18.4 Å². The number of thioether (sulfide) groups is 1. The van der Waals surface area contributed by atoms with E-state index in [2.05, 4.69) is 17.0 Å². The van der Waals surface area contributed by atoms with Gasteiger partial charge in [-0.05, 0) is 47.5 Å². The van der Waals surface area contributed by atoms with Crippen LogP contribution in [0.2, 0.25) is 0 Å². The number of fused-ring (bicyclic) bond motifs is 1. The summed E-state index contributed by atoms with van der Waals surface area (Å²) in [5, 5.41) is 11.0. The quantitative estimate of drug-likeness (QED) is 0.0670. The highest BCUT2D eigenvalue weighted by Crippen LogP contribution is 2.33. The number of nitrogens with zero attached hydrogens (tertiary/aromatic N) is 2. The molecule has 0 amide bonds. The fourth-order valence-corrected chi connectivity index (χ4v) is 6.41. The van der Waals surface area contributed by atoms with E-state index >= 15 is 0 Å². The standard InChI is InChI=1S/C30H26N2O7S2/c33-28(24-5-4-6-25(16-24)32(34)35)19-41(36,37)27-12-9-22(10-13-27)17-31(20-40-26-7-2-1-3-8-26)18-23-11-14-29-30(15-23)39-21-38-29/h1-16H,17-21H2. The molecular formula is C30H26N2O7S2. The summed E-state index contributed by atoms with van der Waals surface area (Å²) in [6.45, 7) is 1.40. The zero-order valence-corrected chi connectivity index (χ0v) is 23.5. The molecule has 0 fully saturated rings. The Hall–Kier alpha value is -4.19. The van der Waals surface area contributed by atoms with E-state index in [-0.39, 0.29) is 22.9 Å². The van der Waals surface area contributed by atoms with Gasteiger partial charge in [0.2, 0.25) is 6.79 Å².